The fourth-order valence-electron chi connectivity index (χ4n) is 1.21. The van der Waals surface area contributed by atoms with Crippen molar-refractivity contribution in [2.45, 2.75) is 38.8 Å². The smallest absolute Gasteiger partial charge is 0.0956 e. The summed E-state index contributed by atoms with van der Waals surface area (Å²) in [4.78, 5) is 4.18. The molecule has 0 fully saturated rings. The van der Waals surface area contributed by atoms with Crippen molar-refractivity contribution in [3.8, 4) is 6.07 Å². The number of imidazole rings is 1. The van der Waals surface area contributed by atoms with Crippen molar-refractivity contribution in [3.63, 3.8) is 0 Å². The zero-order chi connectivity index (χ0) is 12.2. The Morgan fingerprint density at radius 2 is 2.38 bits per heavy atom. The van der Waals surface area contributed by atoms with Crippen molar-refractivity contribution < 1.29 is 5.11 Å². The number of aliphatic hydroxyl groups is 1. The average Bonchev–Trinajstić information content (AvgIpc) is 2.62. The maximum atomic E-state index is 9.51. The highest BCUT2D eigenvalue weighted by Gasteiger charge is 2.07. The molecule has 0 saturated carbocycles. The van der Waals surface area contributed by atoms with Crippen LogP contribution in [0, 0.1) is 11.3 Å². The molecule has 4 nitrogen and oxygen atoms in total. The minimum absolute atomic E-state index is 0.127. The van der Waals surface area contributed by atoms with Crippen molar-refractivity contribution >= 4 is 6.08 Å². The summed E-state index contributed by atoms with van der Waals surface area (Å²) in [6.45, 7) is 5.38. The molecule has 1 heterocycles. The van der Waals surface area contributed by atoms with Crippen LogP contribution in [0.5, 0.6) is 0 Å². The maximum Gasteiger partial charge on any atom is 0.0956 e. The number of nitrogens with zero attached hydrogens (tertiary/aromatic N) is 3. The Bertz CT molecular complexity index is 407. The van der Waals surface area contributed by atoms with Gasteiger partial charge in [-0.2, -0.15) is 5.26 Å². The van der Waals surface area contributed by atoms with Crippen LogP contribution in [0.3, 0.4) is 0 Å². The van der Waals surface area contributed by atoms with Gasteiger partial charge < -0.3 is 9.67 Å². The summed E-state index contributed by atoms with van der Waals surface area (Å²) in [5, 5.41) is 18.1. The van der Waals surface area contributed by atoms with E-state index in [0.29, 0.717) is 6.42 Å². The van der Waals surface area contributed by atoms with E-state index in [1.807, 2.05) is 17.7 Å². The molecule has 0 amide bonds. The molecule has 1 N–H and O–H groups in total. The second kappa shape index (κ2) is 4.95. The molecule has 0 aliphatic heterocycles. The van der Waals surface area contributed by atoms with Gasteiger partial charge in [-0.25, -0.2) is 4.98 Å². The average molecular weight is 219 g/mol. The van der Waals surface area contributed by atoms with E-state index in [9.17, 15) is 5.11 Å². The molecule has 0 aliphatic carbocycles. The highest BCUT2D eigenvalue weighted by molar-refractivity contribution is 5.44. The zero-order valence-corrected chi connectivity index (χ0v) is 9.88. The Labute approximate surface area is 95.9 Å². The third-order valence-corrected chi connectivity index (χ3v) is 2.18. The van der Waals surface area contributed by atoms with Gasteiger partial charge in [0.05, 0.1) is 30.1 Å². The normalized spacial score (nSPS) is 13.9. The lowest BCUT2D eigenvalue weighted by Crippen LogP contribution is -2.13. The number of hydrogen-bond acceptors (Lipinski definition) is 3. The molecule has 0 saturated heterocycles. The van der Waals surface area contributed by atoms with Crippen LogP contribution in [-0.2, 0) is 0 Å². The first kappa shape index (κ1) is 12.5. The summed E-state index contributed by atoms with van der Waals surface area (Å²) in [5.41, 5.74) is -0.0471. The van der Waals surface area contributed by atoms with Crippen molar-refractivity contribution in [2.75, 3.05) is 0 Å². The third-order valence-electron chi connectivity index (χ3n) is 2.18. The molecule has 86 valence electrons. The van der Waals surface area contributed by atoms with E-state index in [-0.39, 0.29) is 6.04 Å². The molecule has 0 radical (unpaired) electrons. The summed E-state index contributed by atoms with van der Waals surface area (Å²) in [7, 11) is 0. The quantitative estimate of drug-likeness (QED) is 0.843. The predicted octanol–water partition coefficient (Wildman–Crippen LogP) is 2.14. The fourth-order valence-corrected chi connectivity index (χ4v) is 1.21. The van der Waals surface area contributed by atoms with Gasteiger partial charge in [-0.3, -0.25) is 0 Å². The largest absolute Gasteiger partial charge is 0.386 e. The molecule has 0 aliphatic rings. The van der Waals surface area contributed by atoms with E-state index < -0.39 is 5.60 Å². The molecule has 0 spiro atoms. The zero-order valence-electron chi connectivity index (χ0n) is 9.88. The lowest BCUT2D eigenvalue weighted by molar-refractivity contribution is 0.134. The number of rotatable bonds is 4. The summed E-state index contributed by atoms with van der Waals surface area (Å²) < 4.78 is 1.90. The monoisotopic (exact) mass is 219 g/mol. The molecule has 16 heavy (non-hydrogen) atoms. The highest BCUT2D eigenvalue weighted by atomic mass is 16.3. The summed E-state index contributed by atoms with van der Waals surface area (Å²) in [5.74, 6) is 0. The van der Waals surface area contributed by atoms with Gasteiger partial charge in [0.15, 0.2) is 0 Å². The topological polar surface area (TPSA) is 61.8 Å². The second-order valence-electron chi connectivity index (χ2n) is 4.44. The summed E-state index contributed by atoms with van der Waals surface area (Å²) >= 11 is 0. The van der Waals surface area contributed by atoms with Crippen LogP contribution in [0.4, 0.5) is 0 Å². The van der Waals surface area contributed by atoms with Gasteiger partial charge in [0.1, 0.15) is 0 Å². The number of hydrogen-bond donors (Lipinski definition) is 1. The molecular weight excluding hydrogens is 202 g/mol. The van der Waals surface area contributed by atoms with Gasteiger partial charge in [-0.1, -0.05) is 6.08 Å². The fraction of sp³-hybridized carbons (Fsp3) is 0.500. The molecule has 4 heteroatoms. The molecule has 0 bridgehead atoms. The van der Waals surface area contributed by atoms with Crippen LogP contribution >= 0.6 is 0 Å². The van der Waals surface area contributed by atoms with Crippen LogP contribution in [0.1, 0.15) is 38.9 Å². The molecule has 0 aromatic carbocycles. The van der Waals surface area contributed by atoms with Gasteiger partial charge in [0, 0.05) is 12.2 Å². The van der Waals surface area contributed by atoms with Crippen molar-refractivity contribution in [2.24, 2.45) is 0 Å². The Kier molecular flexibility index (Phi) is 3.86. The number of aromatic nitrogens is 2. The minimum Gasteiger partial charge on any atom is -0.386 e. The Morgan fingerprint density at radius 3 is 2.94 bits per heavy atom. The lowest BCUT2D eigenvalue weighted by atomic mass is 10.1. The summed E-state index contributed by atoms with van der Waals surface area (Å²) in [6.07, 6.45) is 7.49. The van der Waals surface area contributed by atoms with Crippen LogP contribution in [0.2, 0.25) is 0 Å². The predicted molar refractivity (Wildman–Crippen MR) is 62.5 cm³/mol. The van der Waals surface area contributed by atoms with E-state index in [4.69, 9.17) is 5.26 Å². The van der Waals surface area contributed by atoms with Crippen LogP contribution in [-0.4, -0.2) is 20.3 Å². The van der Waals surface area contributed by atoms with Gasteiger partial charge in [0.25, 0.3) is 0 Å². The first-order valence-corrected chi connectivity index (χ1v) is 5.24. The van der Waals surface area contributed by atoms with Gasteiger partial charge in [-0.05, 0) is 26.8 Å². The Balaban J connectivity index is 2.73. The standard InChI is InChI=1S/C12H17N3O/c1-10(5-7-13)15-8-11(14-9-15)4-6-12(2,3)16/h4,6,8-10,16H,5H2,1-3H3/b6-4+. The van der Waals surface area contributed by atoms with Crippen LogP contribution in [0.15, 0.2) is 18.6 Å². The molecule has 1 rings (SSSR count). The van der Waals surface area contributed by atoms with E-state index in [0.717, 1.165) is 5.69 Å². The van der Waals surface area contributed by atoms with E-state index >= 15 is 0 Å². The van der Waals surface area contributed by atoms with Gasteiger partial charge >= 0.3 is 0 Å². The maximum absolute atomic E-state index is 9.51. The van der Waals surface area contributed by atoms with Crippen molar-refractivity contribution in [1.29, 1.82) is 5.26 Å². The molecule has 1 atom stereocenters. The van der Waals surface area contributed by atoms with E-state index in [1.54, 1.807) is 32.3 Å². The van der Waals surface area contributed by atoms with Gasteiger partial charge in [-0.15, -0.1) is 0 Å². The molecule has 1 unspecified atom stereocenters. The van der Waals surface area contributed by atoms with Gasteiger partial charge in [0.2, 0.25) is 0 Å². The van der Waals surface area contributed by atoms with Crippen molar-refractivity contribution in [1.82, 2.24) is 9.55 Å². The number of nitriles is 1. The first-order chi connectivity index (χ1) is 7.42. The highest BCUT2D eigenvalue weighted by Crippen LogP contribution is 2.12. The van der Waals surface area contributed by atoms with Crippen LogP contribution in [0.25, 0.3) is 6.08 Å². The van der Waals surface area contributed by atoms with E-state index in [1.165, 1.54) is 0 Å². The van der Waals surface area contributed by atoms with Crippen molar-refractivity contribution in [3.05, 3.63) is 24.3 Å². The second-order valence-corrected chi connectivity index (χ2v) is 4.44. The molecule has 1 aromatic rings. The van der Waals surface area contributed by atoms with Crippen LogP contribution < -0.4 is 0 Å². The minimum atomic E-state index is -0.831. The summed E-state index contributed by atoms with van der Waals surface area (Å²) in [6, 6.07) is 2.25. The SMILES string of the molecule is CC(CC#N)n1cnc(/C=C/C(C)(C)O)c1. The first-order valence-electron chi connectivity index (χ1n) is 5.24. The molecular formula is C12H17N3O. The molecule has 1 aromatic heterocycles. The Morgan fingerprint density at radius 1 is 1.69 bits per heavy atom. The third kappa shape index (κ3) is 3.87. The Hall–Kier alpha value is -1.60. The van der Waals surface area contributed by atoms with E-state index in [2.05, 4.69) is 11.1 Å². The lowest BCUT2D eigenvalue weighted by Gasteiger charge is -2.09.